The molecule has 28 heavy (non-hydrogen) atoms. The molecule has 5 heteroatoms. The van der Waals surface area contributed by atoms with Crippen LogP contribution in [0.25, 0.3) is 10.9 Å². The molecule has 0 aliphatic carbocycles. The van der Waals surface area contributed by atoms with Crippen LogP contribution < -0.4 is 0 Å². The minimum absolute atomic E-state index is 0.181. The second kappa shape index (κ2) is 8.78. The standard InChI is InChI=1S/C23H26FN3O/c24-21-6-3-18(4-7-21)16-27-12-11-26(17-22(27)9-13-28)15-19-5-8-23-20(14-19)2-1-10-25-23/h1-8,10,14,22,28H,9,11-13,15-17H2/t22-/m0/s1. The molecule has 4 rings (SSSR count). The van der Waals surface area contributed by atoms with Crippen LogP contribution in [0.4, 0.5) is 4.39 Å². The van der Waals surface area contributed by atoms with Crippen LogP contribution in [0.5, 0.6) is 0 Å². The van der Waals surface area contributed by atoms with Gasteiger partial charge in [-0.1, -0.05) is 24.3 Å². The third-order valence-electron chi connectivity index (χ3n) is 5.52. The number of hydrogen-bond donors (Lipinski definition) is 1. The molecule has 0 unspecified atom stereocenters. The van der Waals surface area contributed by atoms with Crippen molar-refractivity contribution in [1.29, 1.82) is 0 Å². The van der Waals surface area contributed by atoms with Crippen molar-refractivity contribution in [3.8, 4) is 0 Å². The molecule has 0 radical (unpaired) electrons. The molecule has 1 aliphatic heterocycles. The van der Waals surface area contributed by atoms with Gasteiger partial charge in [-0.2, -0.15) is 0 Å². The van der Waals surface area contributed by atoms with Gasteiger partial charge in [0.05, 0.1) is 5.52 Å². The maximum absolute atomic E-state index is 13.2. The van der Waals surface area contributed by atoms with Gasteiger partial charge in [0, 0.05) is 57.0 Å². The molecule has 0 bridgehead atoms. The molecule has 0 amide bonds. The third-order valence-corrected chi connectivity index (χ3v) is 5.52. The molecule has 3 aromatic rings. The SMILES string of the molecule is OCC[C@H]1CN(Cc2ccc3ncccc3c2)CCN1Cc1ccc(F)cc1. The number of piperazine rings is 1. The normalized spacial score (nSPS) is 18.6. The summed E-state index contributed by atoms with van der Waals surface area (Å²) in [4.78, 5) is 9.25. The average Bonchev–Trinajstić information content (AvgIpc) is 2.72. The van der Waals surface area contributed by atoms with Crippen molar-refractivity contribution in [3.05, 3.63) is 77.7 Å². The monoisotopic (exact) mass is 379 g/mol. The van der Waals surface area contributed by atoms with Crippen molar-refractivity contribution in [1.82, 2.24) is 14.8 Å². The van der Waals surface area contributed by atoms with Gasteiger partial charge in [0.25, 0.3) is 0 Å². The lowest BCUT2D eigenvalue weighted by Gasteiger charge is -2.41. The van der Waals surface area contributed by atoms with Crippen LogP contribution in [-0.2, 0) is 13.1 Å². The van der Waals surface area contributed by atoms with E-state index in [0.29, 0.717) is 6.04 Å². The number of nitrogens with zero attached hydrogens (tertiary/aromatic N) is 3. The number of hydrogen-bond acceptors (Lipinski definition) is 4. The van der Waals surface area contributed by atoms with Crippen LogP contribution >= 0.6 is 0 Å². The second-order valence-corrected chi connectivity index (χ2v) is 7.53. The van der Waals surface area contributed by atoms with E-state index < -0.39 is 0 Å². The second-order valence-electron chi connectivity index (χ2n) is 7.53. The van der Waals surface area contributed by atoms with E-state index in [9.17, 15) is 9.50 Å². The Morgan fingerprint density at radius 3 is 2.64 bits per heavy atom. The van der Waals surface area contributed by atoms with Gasteiger partial charge < -0.3 is 5.11 Å². The molecule has 146 valence electrons. The Kier molecular flexibility index (Phi) is 5.95. The summed E-state index contributed by atoms with van der Waals surface area (Å²) >= 11 is 0. The van der Waals surface area contributed by atoms with E-state index in [-0.39, 0.29) is 12.4 Å². The quantitative estimate of drug-likeness (QED) is 0.712. The maximum Gasteiger partial charge on any atom is 0.123 e. The molecule has 1 aromatic heterocycles. The van der Waals surface area contributed by atoms with Gasteiger partial charge in [-0.05, 0) is 47.9 Å². The topological polar surface area (TPSA) is 39.6 Å². The highest BCUT2D eigenvalue weighted by atomic mass is 19.1. The number of halogens is 1. The van der Waals surface area contributed by atoms with Crippen LogP contribution in [0.3, 0.4) is 0 Å². The lowest BCUT2D eigenvalue weighted by molar-refractivity contribution is 0.0500. The summed E-state index contributed by atoms with van der Waals surface area (Å²) in [5.41, 5.74) is 3.42. The van der Waals surface area contributed by atoms with E-state index in [1.165, 1.54) is 23.1 Å². The summed E-state index contributed by atoms with van der Waals surface area (Å²) in [6.45, 7) is 4.72. The minimum atomic E-state index is -0.203. The predicted octanol–water partition coefficient (Wildman–Crippen LogP) is 3.44. The number of aromatic nitrogens is 1. The molecule has 1 aliphatic rings. The number of aliphatic hydroxyl groups is 1. The molecule has 2 heterocycles. The number of benzene rings is 2. The molecular formula is C23H26FN3O. The Labute approximate surface area is 165 Å². The van der Waals surface area contributed by atoms with E-state index in [0.717, 1.165) is 50.2 Å². The van der Waals surface area contributed by atoms with Gasteiger partial charge in [0.1, 0.15) is 5.82 Å². The molecule has 4 nitrogen and oxygen atoms in total. The third kappa shape index (κ3) is 4.55. The molecule has 2 aromatic carbocycles. The van der Waals surface area contributed by atoms with E-state index >= 15 is 0 Å². The summed E-state index contributed by atoms with van der Waals surface area (Å²) in [5, 5.41) is 10.7. The van der Waals surface area contributed by atoms with Crippen molar-refractivity contribution in [2.45, 2.75) is 25.6 Å². The molecule has 1 fully saturated rings. The van der Waals surface area contributed by atoms with Crippen molar-refractivity contribution in [2.24, 2.45) is 0 Å². The van der Waals surface area contributed by atoms with Crippen LogP contribution in [0, 0.1) is 5.82 Å². The Bertz CT molecular complexity index is 915. The summed E-state index contributed by atoms with van der Waals surface area (Å²) in [5.74, 6) is -0.203. The number of fused-ring (bicyclic) bond motifs is 1. The number of rotatable bonds is 6. The van der Waals surface area contributed by atoms with Gasteiger partial charge in [-0.25, -0.2) is 4.39 Å². The van der Waals surface area contributed by atoms with Crippen LogP contribution in [0.1, 0.15) is 17.5 Å². The van der Waals surface area contributed by atoms with Crippen LogP contribution in [0.15, 0.2) is 60.8 Å². The first-order valence-corrected chi connectivity index (χ1v) is 9.86. The molecular weight excluding hydrogens is 353 g/mol. The van der Waals surface area contributed by atoms with E-state index in [4.69, 9.17) is 0 Å². The van der Waals surface area contributed by atoms with E-state index in [1.807, 2.05) is 24.4 Å². The Balaban J connectivity index is 1.42. The Morgan fingerprint density at radius 2 is 1.82 bits per heavy atom. The van der Waals surface area contributed by atoms with Crippen molar-refractivity contribution >= 4 is 10.9 Å². The van der Waals surface area contributed by atoms with Crippen molar-refractivity contribution in [3.63, 3.8) is 0 Å². The first-order valence-electron chi connectivity index (χ1n) is 9.86. The average molecular weight is 379 g/mol. The first kappa shape index (κ1) is 19.0. The summed E-state index contributed by atoms with van der Waals surface area (Å²) in [6, 6.07) is 17.5. The predicted molar refractivity (Wildman–Crippen MR) is 109 cm³/mol. The maximum atomic E-state index is 13.2. The van der Waals surface area contributed by atoms with Gasteiger partial charge in [-0.3, -0.25) is 14.8 Å². The Morgan fingerprint density at radius 1 is 1.00 bits per heavy atom. The van der Waals surface area contributed by atoms with Gasteiger partial charge >= 0.3 is 0 Å². The minimum Gasteiger partial charge on any atom is -0.396 e. The van der Waals surface area contributed by atoms with Gasteiger partial charge in [-0.15, -0.1) is 0 Å². The number of pyridine rings is 1. The molecule has 1 saturated heterocycles. The highest BCUT2D eigenvalue weighted by Crippen LogP contribution is 2.20. The van der Waals surface area contributed by atoms with E-state index in [1.54, 1.807) is 0 Å². The molecule has 0 spiro atoms. The fraction of sp³-hybridized carbons (Fsp3) is 0.348. The lowest BCUT2D eigenvalue weighted by Crippen LogP contribution is -2.52. The zero-order valence-corrected chi connectivity index (χ0v) is 16.0. The highest BCUT2D eigenvalue weighted by molar-refractivity contribution is 5.78. The fourth-order valence-corrected chi connectivity index (χ4v) is 4.04. The summed E-state index contributed by atoms with van der Waals surface area (Å²) in [6.07, 6.45) is 2.57. The molecule has 1 atom stereocenters. The van der Waals surface area contributed by atoms with Crippen LogP contribution in [-0.4, -0.2) is 52.2 Å². The smallest absolute Gasteiger partial charge is 0.123 e. The van der Waals surface area contributed by atoms with Crippen LogP contribution in [0.2, 0.25) is 0 Å². The Hall–Kier alpha value is -2.34. The first-order chi connectivity index (χ1) is 13.7. The molecule has 0 saturated carbocycles. The van der Waals surface area contributed by atoms with Crippen molar-refractivity contribution < 1.29 is 9.50 Å². The van der Waals surface area contributed by atoms with Gasteiger partial charge in [0.2, 0.25) is 0 Å². The highest BCUT2D eigenvalue weighted by Gasteiger charge is 2.26. The lowest BCUT2D eigenvalue weighted by atomic mass is 10.1. The summed E-state index contributed by atoms with van der Waals surface area (Å²) < 4.78 is 13.2. The van der Waals surface area contributed by atoms with Crippen molar-refractivity contribution in [2.75, 3.05) is 26.2 Å². The largest absolute Gasteiger partial charge is 0.396 e. The fourth-order valence-electron chi connectivity index (χ4n) is 4.04. The summed E-state index contributed by atoms with van der Waals surface area (Å²) in [7, 11) is 0. The van der Waals surface area contributed by atoms with E-state index in [2.05, 4.69) is 39.0 Å². The number of aliphatic hydroxyl groups excluding tert-OH is 1. The zero-order chi connectivity index (χ0) is 19.3. The molecule has 1 N–H and O–H groups in total. The zero-order valence-electron chi connectivity index (χ0n) is 16.0. The van der Waals surface area contributed by atoms with Gasteiger partial charge in [0.15, 0.2) is 0 Å².